The largest absolute Gasteiger partial charge is 0.375 e. The topological polar surface area (TPSA) is 12.5 Å². The molecule has 16 heavy (non-hydrogen) atoms. The van der Waals surface area contributed by atoms with Crippen LogP contribution < -0.4 is 0 Å². The minimum atomic E-state index is -0.0109. The maximum Gasteiger partial charge on any atom is 0.0600 e. The highest BCUT2D eigenvalue weighted by molar-refractivity contribution is 6.20. The molecule has 0 radical (unpaired) electrons. The summed E-state index contributed by atoms with van der Waals surface area (Å²) in [6, 6.07) is 0. The molecule has 1 fully saturated rings. The molecule has 1 rings (SSSR count). The number of alkyl halides is 1. The number of nitrogens with zero attached hydrogens (tertiary/aromatic N) is 1. The van der Waals surface area contributed by atoms with E-state index in [1.54, 1.807) is 0 Å². The quantitative estimate of drug-likeness (QED) is 0.708. The van der Waals surface area contributed by atoms with Gasteiger partial charge in [-0.15, -0.1) is 11.6 Å². The van der Waals surface area contributed by atoms with Gasteiger partial charge in [-0.2, -0.15) is 0 Å². The number of likely N-dealkylation sites (tertiary alicyclic amines) is 1. The average molecular weight is 248 g/mol. The summed E-state index contributed by atoms with van der Waals surface area (Å²) in [7, 11) is 0. The van der Waals surface area contributed by atoms with Crippen LogP contribution in [0.25, 0.3) is 0 Å². The predicted molar refractivity (Wildman–Crippen MR) is 70.2 cm³/mol. The van der Waals surface area contributed by atoms with Crippen molar-refractivity contribution in [1.29, 1.82) is 0 Å². The summed E-state index contributed by atoms with van der Waals surface area (Å²) in [5.74, 6) is 0.710. The lowest BCUT2D eigenvalue weighted by molar-refractivity contribution is -0.0161. The molecule has 1 unspecified atom stereocenters. The van der Waals surface area contributed by atoms with Gasteiger partial charge in [-0.25, -0.2) is 0 Å². The van der Waals surface area contributed by atoms with E-state index in [1.807, 2.05) is 0 Å². The van der Waals surface area contributed by atoms with Gasteiger partial charge >= 0.3 is 0 Å². The Hall–Kier alpha value is 0.210. The molecule has 0 amide bonds. The van der Waals surface area contributed by atoms with Crippen molar-refractivity contribution in [2.75, 3.05) is 26.2 Å². The van der Waals surface area contributed by atoms with Gasteiger partial charge in [-0.05, 0) is 59.5 Å². The molecule has 0 aromatic heterocycles. The number of rotatable bonds is 4. The van der Waals surface area contributed by atoms with E-state index in [2.05, 4.69) is 32.6 Å². The molecule has 1 heterocycles. The fourth-order valence-electron chi connectivity index (χ4n) is 2.12. The smallest absolute Gasteiger partial charge is 0.0600 e. The Kier molecular flexibility index (Phi) is 5.55. The van der Waals surface area contributed by atoms with Gasteiger partial charge in [0.25, 0.3) is 0 Å². The molecule has 0 aliphatic carbocycles. The van der Waals surface area contributed by atoms with Crippen molar-refractivity contribution < 1.29 is 4.74 Å². The second-order valence-electron chi connectivity index (χ2n) is 5.82. The maximum absolute atomic E-state index is 6.13. The fraction of sp³-hybridized carbons (Fsp3) is 1.00. The number of hydrogen-bond donors (Lipinski definition) is 0. The Balaban J connectivity index is 2.13. The first-order valence-electron chi connectivity index (χ1n) is 6.39. The Morgan fingerprint density at radius 3 is 2.31 bits per heavy atom. The van der Waals surface area contributed by atoms with Crippen LogP contribution in [0.5, 0.6) is 0 Å². The second-order valence-corrected chi connectivity index (χ2v) is 6.51. The van der Waals surface area contributed by atoms with Gasteiger partial charge in [0.1, 0.15) is 0 Å². The van der Waals surface area contributed by atoms with Crippen molar-refractivity contribution in [2.45, 2.75) is 51.5 Å². The van der Waals surface area contributed by atoms with Crippen LogP contribution in [0, 0.1) is 5.92 Å². The van der Waals surface area contributed by atoms with Crippen LogP contribution in [-0.2, 0) is 4.74 Å². The summed E-state index contributed by atoms with van der Waals surface area (Å²) >= 11 is 6.13. The van der Waals surface area contributed by atoms with Crippen LogP contribution in [-0.4, -0.2) is 42.1 Å². The van der Waals surface area contributed by atoms with Gasteiger partial charge in [-0.3, -0.25) is 0 Å². The van der Waals surface area contributed by atoms with Crippen molar-refractivity contribution >= 4 is 11.6 Å². The van der Waals surface area contributed by atoms with Crippen LogP contribution in [0.2, 0.25) is 0 Å². The van der Waals surface area contributed by atoms with Gasteiger partial charge in [0.15, 0.2) is 0 Å². The normalized spacial score (nSPS) is 22.3. The fourth-order valence-corrected chi connectivity index (χ4v) is 2.37. The van der Waals surface area contributed by atoms with E-state index in [4.69, 9.17) is 16.3 Å². The highest BCUT2D eigenvalue weighted by Crippen LogP contribution is 2.23. The van der Waals surface area contributed by atoms with Crippen LogP contribution in [0.3, 0.4) is 0 Å². The van der Waals surface area contributed by atoms with Gasteiger partial charge in [0.2, 0.25) is 0 Å². The molecule has 3 heteroatoms. The molecule has 0 N–H and O–H groups in total. The predicted octanol–water partition coefficient (Wildman–Crippen LogP) is 3.14. The number of hydrogen-bond acceptors (Lipinski definition) is 2. The molecule has 2 nitrogen and oxygen atoms in total. The standard InChI is InChI=1S/C13H26ClNO/c1-11(14)12-5-7-15(8-6-12)9-10-16-13(2,3)4/h11-12H,5-10H2,1-4H3. The first-order valence-corrected chi connectivity index (χ1v) is 6.82. The highest BCUT2D eigenvalue weighted by Gasteiger charge is 2.22. The molecular weight excluding hydrogens is 222 g/mol. The molecule has 1 aliphatic rings. The lowest BCUT2D eigenvalue weighted by atomic mass is 9.94. The molecular formula is C13H26ClNO. The van der Waals surface area contributed by atoms with E-state index in [9.17, 15) is 0 Å². The van der Waals surface area contributed by atoms with Crippen LogP contribution in [0.4, 0.5) is 0 Å². The summed E-state index contributed by atoms with van der Waals surface area (Å²) in [5.41, 5.74) is -0.0109. The van der Waals surface area contributed by atoms with Crippen LogP contribution in [0.15, 0.2) is 0 Å². The molecule has 0 aromatic carbocycles. The summed E-state index contributed by atoms with van der Waals surface area (Å²) in [4.78, 5) is 2.49. The van der Waals surface area contributed by atoms with Gasteiger partial charge in [0.05, 0.1) is 12.2 Å². The summed E-state index contributed by atoms with van der Waals surface area (Å²) in [6.45, 7) is 12.7. The van der Waals surface area contributed by atoms with Crippen molar-refractivity contribution in [2.24, 2.45) is 5.92 Å². The Morgan fingerprint density at radius 1 is 1.31 bits per heavy atom. The number of halogens is 1. The molecule has 1 saturated heterocycles. The summed E-state index contributed by atoms with van der Waals surface area (Å²) in [6.07, 6.45) is 2.47. The van der Waals surface area contributed by atoms with E-state index in [0.717, 1.165) is 13.2 Å². The Morgan fingerprint density at radius 2 is 1.88 bits per heavy atom. The van der Waals surface area contributed by atoms with E-state index in [1.165, 1.54) is 25.9 Å². The lowest BCUT2D eigenvalue weighted by Gasteiger charge is -2.33. The van der Waals surface area contributed by atoms with E-state index in [0.29, 0.717) is 11.3 Å². The molecule has 1 atom stereocenters. The first kappa shape index (κ1) is 14.3. The zero-order chi connectivity index (χ0) is 12.2. The molecule has 0 aromatic rings. The van der Waals surface area contributed by atoms with E-state index >= 15 is 0 Å². The van der Waals surface area contributed by atoms with E-state index < -0.39 is 0 Å². The van der Waals surface area contributed by atoms with Crippen molar-refractivity contribution in [1.82, 2.24) is 4.90 Å². The van der Waals surface area contributed by atoms with E-state index in [-0.39, 0.29) is 5.60 Å². The summed E-state index contributed by atoms with van der Waals surface area (Å²) in [5, 5.41) is 0.327. The number of ether oxygens (including phenoxy) is 1. The average Bonchev–Trinajstić information content (AvgIpc) is 2.16. The zero-order valence-electron chi connectivity index (χ0n) is 11.1. The Bertz CT molecular complexity index is 193. The highest BCUT2D eigenvalue weighted by atomic mass is 35.5. The first-order chi connectivity index (χ1) is 7.38. The second kappa shape index (κ2) is 6.23. The molecule has 0 bridgehead atoms. The third-order valence-corrected chi connectivity index (χ3v) is 3.58. The van der Waals surface area contributed by atoms with Crippen molar-refractivity contribution in [3.63, 3.8) is 0 Å². The zero-order valence-corrected chi connectivity index (χ0v) is 11.9. The van der Waals surface area contributed by atoms with Crippen LogP contribution >= 0.6 is 11.6 Å². The van der Waals surface area contributed by atoms with Gasteiger partial charge < -0.3 is 9.64 Å². The monoisotopic (exact) mass is 247 g/mol. The Labute approximate surface area is 105 Å². The maximum atomic E-state index is 6.13. The molecule has 96 valence electrons. The minimum absolute atomic E-state index is 0.0109. The van der Waals surface area contributed by atoms with Gasteiger partial charge in [0, 0.05) is 11.9 Å². The SMILES string of the molecule is CC(Cl)C1CCN(CCOC(C)(C)C)CC1. The lowest BCUT2D eigenvalue weighted by Crippen LogP contribution is -2.38. The van der Waals surface area contributed by atoms with Crippen molar-refractivity contribution in [3.05, 3.63) is 0 Å². The number of piperidine rings is 1. The third-order valence-electron chi connectivity index (χ3n) is 3.22. The van der Waals surface area contributed by atoms with Crippen LogP contribution in [0.1, 0.15) is 40.5 Å². The van der Waals surface area contributed by atoms with Gasteiger partial charge in [-0.1, -0.05) is 0 Å². The molecule has 0 saturated carbocycles. The molecule has 0 spiro atoms. The minimum Gasteiger partial charge on any atom is -0.375 e. The van der Waals surface area contributed by atoms with Crippen molar-refractivity contribution in [3.8, 4) is 0 Å². The third kappa shape index (κ3) is 5.51. The summed E-state index contributed by atoms with van der Waals surface area (Å²) < 4.78 is 5.74. The molecule has 1 aliphatic heterocycles.